The number of rotatable bonds is 9. The normalized spacial score (nSPS) is 12.0. The second-order valence-electron chi connectivity index (χ2n) is 6.47. The Morgan fingerprint density at radius 3 is 2.38 bits per heavy atom. The summed E-state index contributed by atoms with van der Waals surface area (Å²) in [6, 6.07) is 8.35. The molecule has 1 heterocycles. The van der Waals surface area contributed by atoms with Gasteiger partial charge in [-0.3, -0.25) is 0 Å². The summed E-state index contributed by atoms with van der Waals surface area (Å²) < 4.78 is 28.0. The highest BCUT2D eigenvalue weighted by atomic mass is 127. The topological polar surface area (TPSA) is 123 Å². The third-order valence-electron chi connectivity index (χ3n) is 4.43. The highest BCUT2D eigenvalue weighted by Gasteiger charge is 2.13. The van der Waals surface area contributed by atoms with Crippen LogP contribution in [0.15, 0.2) is 44.7 Å². The summed E-state index contributed by atoms with van der Waals surface area (Å²) in [4.78, 5) is 4.60. The Labute approximate surface area is 189 Å². The number of aliphatic imine (C=N–C) groups is 1. The lowest BCUT2D eigenvalue weighted by molar-refractivity contribution is 0.368. The molecule has 1 aromatic heterocycles. The summed E-state index contributed by atoms with van der Waals surface area (Å²) in [5.41, 5.74) is 1.86. The summed E-state index contributed by atoms with van der Waals surface area (Å²) in [7, 11) is -3.68. The number of halogens is 1. The average Bonchev–Trinajstić information content (AvgIpc) is 3.13. The van der Waals surface area contributed by atoms with Crippen LogP contribution in [0.25, 0.3) is 0 Å². The SMILES string of the molecule is CCNC(=NCc1ccc(S(N)(=O)=O)cc1)NCc1cc(C(CC)CC)no1.I. The van der Waals surface area contributed by atoms with Crippen LogP contribution in [-0.4, -0.2) is 26.1 Å². The standard InChI is InChI=1S/C19H29N5O3S.HI/c1-4-15(5-2)18-11-16(27-24-18)13-23-19(21-6-3)22-12-14-7-9-17(10-8-14)28(20,25)26;/h7-11,15H,4-6,12-13H2,1-3H3,(H2,20,25,26)(H2,21,22,23);1H. The van der Waals surface area contributed by atoms with Crippen LogP contribution in [0, 0.1) is 0 Å². The van der Waals surface area contributed by atoms with Crippen molar-refractivity contribution in [3.8, 4) is 0 Å². The fraction of sp³-hybridized carbons (Fsp3) is 0.474. The number of hydrogen-bond donors (Lipinski definition) is 3. The summed E-state index contributed by atoms with van der Waals surface area (Å²) >= 11 is 0. The zero-order valence-corrected chi connectivity index (χ0v) is 20.2. The van der Waals surface area contributed by atoms with Crippen LogP contribution in [0.2, 0.25) is 0 Å². The molecule has 2 aromatic rings. The van der Waals surface area contributed by atoms with Gasteiger partial charge in [0, 0.05) is 18.5 Å². The molecule has 8 nitrogen and oxygen atoms in total. The van der Waals surface area contributed by atoms with Crippen molar-refractivity contribution < 1.29 is 12.9 Å². The molecule has 10 heteroatoms. The maximum absolute atomic E-state index is 11.3. The molecular formula is C19H30IN5O3S. The maximum atomic E-state index is 11.3. The average molecular weight is 535 g/mol. The van der Waals surface area contributed by atoms with E-state index in [1.165, 1.54) is 12.1 Å². The molecule has 162 valence electrons. The van der Waals surface area contributed by atoms with E-state index < -0.39 is 10.0 Å². The van der Waals surface area contributed by atoms with Gasteiger partial charge in [0.1, 0.15) is 0 Å². The molecule has 0 saturated carbocycles. The van der Waals surface area contributed by atoms with E-state index in [1.54, 1.807) is 12.1 Å². The van der Waals surface area contributed by atoms with Gasteiger partial charge in [0.05, 0.1) is 23.7 Å². The Morgan fingerprint density at radius 2 is 1.83 bits per heavy atom. The van der Waals surface area contributed by atoms with Crippen molar-refractivity contribution in [2.45, 2.75) is 57.5 Å². The van der Waals surface area contributed by atoms with Crippen molar-refractivity contribution in [3.05, 3.63) is 47.3 Å². The summed E-state index contributed by atoms with van der Waals surface area (Å²) in [5, 5.41) is 15.7. The van der Waals surface area contributed by atoms with Gasteiger partial charge in [0.25, 0.3) is 0 Å². The molecule has 2 rings (SSSR count). The lowest BCUT2D eigenvalue weighted by Crippen LogP contribution is -2.36. The summed E-state index contributed by atoms with van der Waals surface area (Å²) in [5.74, 6) is 1.81. The molecule has 0 saturated heterocycles. The number of nitrogens with zero attached hydrogens (tertiary/aromatic N) is 2. The van der Waals surface area contributed by atoms with Gasteiger partial charge in [-0.15, -0.1) is 24.0 Å². The number of nitrogens with one attached hydrogen (secondary N) is 2. The van der Waals surface area contributed by atoms with Gasteiger partial charge >= 0.3 is 0 Å². The van der Waals surface area contributed by atoms with Crippen LogP contribution in [0.1, 0.15) is 56.5 Å². The van der Waals surface area contributed by atoms with Crippen molar-refractivity contribution in [3.63, 3.8) is 0 Å². The van der Waals surface area contributed by atoms with Gasteiger partial charge in [-0.25, -0.2) is 18.5 Å². The van der Waals surface area contributed by atoms with Crippen molar-refractivity contribution >= 4 is 40.0 Å². The molecule has 0 aliphatic heterocycles. The number of aromatic nitrogens is 1. The minimum absolute atomic E-state index is 0. The number of sulfonamides is 1. The third-order valence-corrected chi connectivity index (χ3v) is 5.36. The lowest BCUT2D eigenvalue weighted by Gasteiger charge is -2.10. The van der Waals surface area contributed by atoms with E-state index in [1.807, 2.05) is 13.0 Å². The zero-order valence-electron chi connectivity index (χ0n) is 17.0. The highest BCUT2D eigenvalue weighted by Crippen LogP contribution is 2.22. The van der Waals surface area contributed by atoms with E-state index in [4.69, 9.17) is 9.66 Å². The van der Waals surface area contributed by atoms with E-state index in [0.717, 1.165) is 29.9 Å². The Hall–Kier alpha value is -1.66. The van der Waals surface area contributed by atoms with Gasteiger partial charge in [0.15, 0.2) is 11.7 Å². The first-order valence-corrected chi connectivity index (χ1v) is 11.0. The number of benzene rings is 1. The van der Waals surface area contributed by atoms with Crippen molar-refractivity contribution in [2.75, 3.05) is 6.54 Å². The van der Waals surface area contributed by atoms with E-state index in [9.17, 15) is 8.42 Å². The first-order valence-electron chi connectivity index (χ1n) is 9.46. The van der Waals surface area contributed by atoms with Crippen molar-refractivity contribution in [1.29, 1.82) is 0 Å². The molecular weight excluding hydrogens is 505 g/mol. The Morgan fingerprint density at radius 1 is 1.17 bits per heavy atom. The van der Waals surface area contributed by atoms with E-state index in [0.29, 0.717) is 31.5 Å². The predicted molar refractivity (Wildman–Crippen MR) is 125 cm³/mol. The fourth-order valence-corrected chi connectivity index (χ4v) is 3.29. The molecule has 0 unspecified atom stereocenters. The lowest BCUT2D eigenvalue weighted by atomic mass is 9.99. The summed E-state index contributed by atoms with van der Waals surface area (Å²) in [6.45, 7) is 7.86. The molecule has 0 radical (unpaired) electrons. The van der Waals surface area contributed by atoms with E-state index in [-0.39, 0.29) is 28.9 Å². The molecule has 0 amide bonds. The number of hydrogen-bond acceptors (Lipinski definition) is 5. The Balaban J connectivity index is 0.00000420. The highest BCUT2D eigenvalue weighted by molar-refractivity contribution is 14.0. The number of nitrogens with two attached hydrogens (primary N) is 1. The Bertz CT molecular complexity index is 878. The van der Waals surface area contributed by atoms with Gasteiger partial charge in [0.2, 0.25) is 10.0 Å². The largest absolute Gasteiger partial charge is 0.359 e. The van der Waals surface area contributed by atoms with Gasteiger partial charge in [-0.2, -0.15) is 0 Å². The maximum Gasteiger partial charge on any atom is 0.238 e. The fourth-order valence-electron chi connectivity index (χ4n) is 2.78. The molecule has 0 bridgehead atoms. The molecule has 0 aliphatic carbocycles. The summed E-state index contributed by atoms with van der Waals surface area (Å²) in [6.07, 6.45) is 2.06. The van der Waals surface area contributed by atoms with Crippen LogP contribution in [0.5, 0.6) is 0 Å². The predicted octanol–water partition coefficient (Wildman–Crippen LogP) is 3.10. The van der Waals surface area contributed by atoms with Crippen molar-refractivity contribution in [1.82, 2.24) is 15.8 Å². The molecule has 0 atom stereocenters. The molecule has 4 N–H and O–H groups in total. The molecule has 1 aromatic carbocycles. The molecule has 0 aliphatic rings. The minimum atomic E-state index is -3.68. The smallest absolute Gasteiger partial charge is 0.238 e. The quantitative estimate of drug-likeness (QED) is 0.258. The van der Waals surface area contributed by atoms with Crippen LogP contribution < -0.4 is 15.8 Å². The first-order chi connectivity index (χ1) is 13.4. The van der Waals surface area contributed by atoms with Crippen LogP contribution in [0.4, 0.5) is 0 Å². The Kier molecular flexibility index (Phi) is 10.6. The van der Waals surface area contributed by atoms with Gasteiger partial charge in [-0.1, -0.05) is 31.1 Å². The van der Waals surface area contributed by atoms with Crippen LogP contribution in [0.3, 0.4) is 0 Å². The monoisotopic (exact) mass is 535 g/mol. The zero-order chi connectivity index (χ0) is 20.6. The molecule has 0 fully saturated rings. The number of guanidine groups is 1. The van der Waals surface area contributed by atoms with E-state index >= 15 is 0 Å². The van der Waals surface area contributed by atoms with Gasteiger partial charge in [-0.05, 0) is 37.5 Å². The van der Waals surface area contributed by atoms with Crippen LogP contribution in [-0.2, 0) is 23.1 Å². The second kappa shape index (κ2) is 12.1. The molecule has 29 heavy (non-hydrogen) atoms. The number of primary sulfonamides is 1. The third kappa shape index (κ3) is 7.94. The van der Waals surface area contributed by atoms with Crippen LogP contribution >= 0.6 is 24.0 Å². The first kappa shape index (κ1) is 25.4. The van der Waals surface area contributed by atoms with Crippen molar-refractivity contribution in [2.24, 2.45) is 10.1 Å². The van der Waals surface area contributed by atoms with Gasteiger partial charge < -0.3 is 15.2 Å². The second-order valence-corrected chi connectivity index (χ2v) is 8.03. The minimum Gasteiger partial charge on any atom is -0.359 e. The van der Waals surface area contributed by atoms with E-state index in [2.05, 4.69) is 34.6 Å². The molecule has 0 spiro atoms.